The van der Waals surface area contributed by atoms with Crippen LogP contribution in [0.4, 0.5) is 0 Å². The molecule has 0 amide bonds. The lowest BCUT2D eigenvalue weighted by Gasteiger charge is -2.33. The number of hydrogen-bond acceptors (Lipinski definition) is 3. The molecule has 1 saturated heterocycles. The first-order valence-corrected chi connectivity index (χ1v) is 7.02. The van der Waals surface area contributed by atoms with Gasteiger partial charge in [0.2, 0.25) is 0 Å². The lowest BCUT2D eigenvalue weighted by Crippen LogP contribution is -2.43. The van der Waals surface area contributed by atoms with E-state index in [2.05, 4.69) is 33.0 Å². The van der Waals surface area contributed by atoms with Gasteiger partial charge in [0.05, 0.1) is 12.2 Å². The van der Waals surface area contributed by atoms with Crippen LogP contribution in [0.3, 0.4) is 0 Å². The molecular formula is C14H29NO2. The van der Waals surface area contributed by atoms with E-state index in [4.69, 9.17) is 4.74 Å². The fraction of sp³-hybridized carbons (Fsp3) is 1.00. The highest BCUT2D eigenvalue weighted by molar-refractivity contribution is 4.79. The maximum atomic E-state index is 9.83. The van der Waals surface area contributed by atoms with Gasteiger partial charge in [0.15, 0.2) is 0 Å². The minimum Gasteiger partial charge on any atom is -0.392 e. The van der Waals surface area contributed by atoms with E-state index in [-0.39, 0.29) is 6.10 Å². The number of aliphatic hydroxyl groups excluding tert-OH is 1. The highest BCUT2D eigenvalue weighted by Gasteiger charge is 2.24. The molecule has 1 aliphatic heterocycles. The van der Waals surface area contributed by atoms with Gasteiger partial charge in [-0.05, 0) is 31.1 Å². The summed E-state index contributed by atoms with van der Waals surface area (Å²) in [6.07, 6.45) is 3.19. The Hall–Kier alpha value is -0.120. The van der Waals surface area contributed by atoms with Crippen molar-refractivity contribution in [3.63, 3.8) is 0 Å². The van der Waals surface area contributed by atoms with Crippen molar-refractivity contribution >= 4 is 0 Å². The van der Waals surface area contributed by atoms with Crippen molar-refractivity contribution in [3.05, 3.63) is 0 Å². The van der Waals surface area contributed by atoms with E-state index in [9.17, 15) is 5.11 Å². The van der Waals surface area contributed by atoms with Crippen LogP contribution in [0.25, 0.3) is 0 Å². The molecule has 0 aromatic heterocycles. The van der Waals surface area contributed by atoms with Gasteiger partial charge in [-0.3, -0.25) is 0 Å². The highest BCUT2D eigenvalue weighted by atomic mass is 16.5. The largest absolute Gasteiger partial charge is 0.392 e. The van der Waals surface area contributed by atoms with E-state index in [1.807, 2.05) is 0 Å². The molecule has 17 heavy (non-hydrogen) atoms. The predicted molar refractivity (Wildman–Crippen MR) is 71.1 cm³/mol. The summed E-state index contributed by atoms with van der Waals surface area (Å²) in [5, 5.41) is 13.3. The van der Waals surface area contributed by atoms with Crippen molar-refractivity contribution in [2.75, 3.05) is 13.2 Å². The Morgan fingerprint density at radius 2 is 2.00 bits per heavy atom. The van der Waals surface area contributed by atoms with Gasteiger partial charge in [-0.1, -0.05) is 27.7 Å². The van der Waals surface area contributed by atoms with Gasteiger partial charge in [-0.2, -0.15) is 0 Å². The first-order chi connectivity index (χ1) is 7.99. The normalized spacial score (nSPS) is 27.7. The third kappa shape index (κ3) is 5.84. The van der Waals surface area contributed by atoms with Gasteiger partial charge in [0.1, 0.15) is 0 Å². The molecule has 1 heterocycles. The summed E-state index contributed by atoms with van der Waals surface area (Å²) in [5.74, 6) is 1.14. The number of ether oxygens (including phenoxy) is 1. The molecule has 0 aliphatic carbocycles. The predicted octanol–water partition coefficient (Wildman–Crippen LogP) is 2.19. The molecule has 0 spiro atoms. The summed E-state index contributed by atoms with van der Waals surface area (Å²) < 4.78 is 5.74. The topological polar surface area (TPSA) is 41.5 Å². The van der Waals surface area contributed by atoms with Gasteiger partial charge < -0.3 is 15.2 Å². The Labute approximate surface area is 106 Å². The van der Waals surface area contributed by atoms with Crippen LogP contribution in [0.5, 0.6) is 0 Å². The zero-order valence-electron chi connectivity index (χ0n) is 11.8. The molecule has 0 aromatic carbocycles. The molecule has 3 nitrogen and oxygen atoms in total. The summed E-state index contributed by atoms with van der Waals surface area (Å²) in [5.41, 5.74) is 0. The van der Waals surface area contributed by atoms with Gasteiger partial charge in [0, 0.05) is 19.2 Å². The van der Waals surface area contributed by atoms with Crippen LogP contribution in [0, 0.1) is 11.8 Å². The Morgan fingerprint density at radius 3 is 2.59 bits per heavy atom. The number of nitrogens with one attached hydrogen (secondary N) is 1. The summed E-state index contributed by atoms with van der Waals surface area (Å²) in [7, 11) is 0. The Bertz CT molecular complexity index is 206. The maximum absolute atomic E-state index is 9.83. The van der Waals surface area contributed by atoms with Crippen molar-refractivity contribution in [3.8, 4) is 0 Å². The second kappa shape index (κ2) is 7.34. The van der Waals surface area contributed by atoms with E-state index >= 15 is 0 Å². The third-order valence-electron chi connectivity index (χ3n) is 3.44. The SMILES string of the molecule is CC(C)CC(O)CNC1CCOC(C(C)C)C1. The first kappa shape index (κ1) is 14.9. The molecule has 3 heteroatoms. The monoisotopic (exact) mass is 243 g/mol. The number of hydrogen-bond donors (Lipinski definition) is 2. The van der Waals surface area contributed by atoms with Gasteiger partial charge in [-0.25, -0.2) is 0 Å². The summed E-state index contributed by atoms with van der Waals surface area (Å²) in [6.45, 7) is 10.3. The van der Waals surface area contributed by atoms with Gasteiger partial charge in [-0.15, -0.1) is 0 Å². The van der Waals surface area contributed by atoms with E-state index in [1.54, 1.807) is 0 Å². The molecule has 1 rings (SSSR count). The summed E-state index contributed by atoms with van der Waals surface area (Å²) in [4.78, 5) is 0. The standard InChI is InChI=1S/C14H29NO2/c1-10(2)7-13(16)9-15-12-5-6-17-14(8-12)11(3)4/h10-16H,5-9H2,1-4H3. The fourth-order valence-corrected chi connectivity index (χ4v) is 2.41. The van der Waals surface area contributed by atoms with Crippen LogP contribution in [0.15, 0.2) is 0 Å². The van der Waals surface area contributed by atoms with Gasteiger partial charge in [0.25, 0.3) is 0 Å². The van der Waals surface area contributed by atoms with Crippen molar-refractivity contribution in [2.45, 2.75) is 65.2 Å². The van der Waals surface area contributed by atoms with Crippen LogP contribution in [0.2, 0.25) is 0 Å². The second-order valence-corrected chi connectivity index (χ2v) is 6.07. The molecule has 3 unspecified atom stereocenters. The maximum Gasteiger partial charge on any atom is 0.0667 e. The van der Waals surface area contributed by atoms with Crippen molar-refractivity contribution in [1.82, 2.24) is 5.32 Å². The molecule has 3 atom stereocenters. The lowest BCUT2D eigenvalue weighted by molar-refractivity contribution is -0.0259. The van der Waals surface area contributed by atoms with Crippen LogP contribution in [-0.2, 0) is 4.74 Å². The molecule has 0 radical (unpaired) electrons. The average Bonchev–Trinajstić information content (AvgIpc) is 2.26. The van der Waals surface area contributed by atoms with Crippen molar-refractivity contribution in [2.24, 2.45) is 11.8 Å². The molecule has 0 saturated carbocycles. The van der Waals surface area contributed by atoms with E-state index in [1.165, 1.54) is 0 Å². The smallest absolute Gasteiger partial charge is 0.0667 e. The Morgan fingerprint density at radius 1 is 1.29 bits per heavy atom. The van der Waals surface area contributed by atoms with E-state index in [0.717, 1.165) is 25.9 Å². The number of aliphatic hydroxyl groups is 1. The quantitative estimate of drug-likeness (QED) is 0.751. The highest BCUT2D eigenvalue weighted by Crippen LogP contribution is 2.20. The van der Waals surface area contributed by atoms with Crippen molar-refractivity contribution in [1.29, 1.82) is 0 Å². The molecule has 1 aliphatic rings. The number of rotatable bonds is 6. The lowest BCUT2D eigenvalue weighted by atomic mass is 9.95. The van der Waals surface area contributed by atoms with Gasteiger partial charge >= 0.3 is 0 Å². The molecule has 102 valence electrons. The van der Waals surface area contributed by atoms with E-state index in [0.29, 0.717) is 30.5 Å². The van der Waals surface area contributed by atoms with Crippen LogP contribution < -0.4 is 5.32 Å². The minimum absolute atomic E-state index is 0.213. The molecule has 2 N–H and O–H groups in total. The van der Waals surface area contributed by atoms with E-state index < -0.39 is 0 Å². The molecular weight excluding hydrogens is 214 g/mol. The summed E-state index contributed by atoms with van der Waals surface area (Å²) >= 11 is 0. The second-order valence-electron chi connectivity index (χ2n) is 6.07. The third-order valence-corrected chi connectivity index (χ3v) is 3.44. The fourth-order valence-electron chi connectivity index (χ4n) is 2.41. The van der Waals surface area contributed by atoms with Crippen LogP contribution in [0.1, 0.15) is 47.0 Å². The first-order valence-electron chi connectivity index (χ1n) is 7.02. The van der Waals surface area contributed by atoms with Crippen LogP contribution in [-0.4, -0.2) is 36.5 Å². The Balaban J connectivity index is 2.22. The summed E-state index contributed by atoms with van der Waals surface area (Å²) in [6, 6.07) is 0.512. The zero-order chi connectivity index (χ0) is 12.8. The van der Waals surface area contributed by atoms with Crippen LogP contribution >= 0.6 is 0 Å². The minimum atomic E-state index is -0.213. The van der Waals surface area contributed by atoms with Crippen molar-refractivity contribution < 1.29 is 9.84 Å². The Kier molecular flexibility index (Phi) is 6.45. The molecule has 1 fully saturated rings. The molecule has 0 aromatic rings. The zero-order valence-corrected chi connectivity index (χ0v) is 11.8. The molecule has 0 bridgehead atoms. The average molecular weight is 243 g/mol.